The van der Waals surface area contributed by atoms with Gasteiger partial charge in [-0.05, 0) is 24.3 Å². The van der Waals surface area contributed by atoms with E-state index in [-0.39, 0.29) is 15.6 Å². The summed E-state index contributed by atoms with van der Waals surface area (Å²) in [7, 11) is 0. The Morgan fingerprint density at radius 1 is 1.11 bits per heavy atom. The molecule has 0 heterocycles. The molecule has 0 aliphatic carbocycles. The van der Waals surface area contributed by atoms with E-state index in [9.17, 15) is 9.18 Å². The maximum Gasteiger partial charge on any atom is 0.155 e. The molecule has 0 aliphatic rings. The van der Waals surface area contributed by atoms with Gasteiger partial charge in [-0.1, -0.05) is 29.3 Å². The summed E-state index contributed by atoms with van der Waals surface area (Å²) in [6.07, 6.45) is 0.600. The smallest absolute Gasteiger partial charge is 0.155 e. The van der Waals surface area contributed by atoms with Gasteiger partial charge < -0.3 is 4.74 Å². The van der Waals surface area contributed by atoms with E-state index in [2.05, 4.69) is 0 Å². The number of carbonyl (C=O) groups excluding carboxylic acids is 1. The zero-order valence-electron chi connectivity index (χ0n) is 8.99. The van der Waals surface area contributed by atoms with Crippen molar-refractivity contribution in [2.45, 2.75) is 0 Å². The standard InChI is InChI=1S/C13H7Cl2FO2/c14-10-2-1-3-13(9(10)7-17)18-8-4-5-12(16)11(15)6-8/h1-7H. The first kappa shape index (κ1) is 12.9. The number of aldehydes is 1. The third kappa shape index (κ3) is 2.63. The van der Waals surface area contributed by atoms with Crippen LogP contribution in [0.3, 0.4) is 0 Å². The van der Waals surface area contributed by atoms with Crippen molar-refractivity contribution >= 4 is 29.5 Å². The number of ether oxygens (including phenoxy) is 1. The highest BCUT2D eigenvalue weighted by Gasteiger charge is 2.09. The maximum absolute atomic E-state index is 13.0. The van der Waals surface area contributed by atoms with Crippen molar-refractivity contribution < 1.29 is 13.9 Å². The van der Waals surface area contributed by atoms with Gasteiger partial charge in [-0.2, -0.15) is 0 Å². The summed E-state index contributed by atoms with van der Waals surface area (Å²) in [5.74, 6) is 0.0812. The van der Waals surface area contributed by atoms with Crippen molar-refractivity contribution in [1.82, 2.24) is 0 Å². The predicted octanol–water partition coefficient (Wildman–Crippen LogP) is 4.74. The lowest BCUT2D eigenvalue weighted by Crippen LogP contribution is -1.91. The molecular formula is C13H7Cl2FO2. The first-order chi connectivity index (χ1) is 8.61. The second-order valence-corrected chi connectivity index (χ2v) is 4.26. The van der Waals surface area contributed by atoms with E-state index < -0.39 is 5.82 Å². The van der Waals surface area contributed by atoms with Gasteiger partial charge in [-0.3, -0.25) is 4.79 Å². The number of hydrogen-bond acceptors (Lipinski definition) is 2. The molecule has 0 N–H and O–H groups in total. The summed E-state index contributed by atoms with van der Waals surface area (Å²) < 4.78 is 18.4. The highest BCUT2D eigenvalue weighted by Crippen LogP contribution is 2.30. The van der Waals surface area contributed by atoms with Gasteiger partial charge in [0.25, 0.3) is 0 Å². The fourth-order valence-electron chi connectivity index (χ4n) is 1.39. The van der Waals surface area contributed by atoms with Crippen molar-refractivity contribution in [3.8, 4) is 11.5 Å². The quantitative estimate of drug-likeness (QED) is 0.761. The van der Waals surface area contributed by atoms with E-state index in [0.717, 1.165) is 0 Å². The highest BCUT2D eigenvalue weighted by atomic mass is 35.5. The topological polar surface area (TPSA) is 26.3 Å². The zero-order chi connectivity index (χ0) is 13.1. The second-order valence-electron chi connectivity index (χ2n) is 3.45. The fraction of sp³-hybridized carbons (Fsp3) is 0. The average molecular weight is 285 g/mol. The number of hydrogen-bond donors (Lipinski definition) is 0. The van der Waals surface area contributed by atoms with Crippen LogP contribution in [0.15, 0.2) is 36.4 Å². The Morgan fingerprint density at radius 2 is 1.89 bits per heavy atom. The molecule has 0 fully saturated rings. The maximum atomic E-state index is 13.0. The molecule has 2 aromatic rings. The van der Waals surface area contributed by atoms with E-state index in [1.807, 2.05) is 0 Å². The predicted molar refractivity (Wildman–Crippen MR) is 68.3 cm³/mol. The molecule has 0 bridgehead atoms. The molecule has 0 saturated carbocycles. The molecule has 0 atom stereocenters. The normalized spacial score (nSPS) is 10.2. The Labute approximate surface area is 113 Å². The minimum Gasteiger partial charge on any atom is -0.457 e. The van der Waals surface area contributed by atoms with Crippen LogP contribution < -0.4 is 4.74 Å². The molecule has 2 aromatic carbocycles. The van der Waals surface area contributed by atoms with Gasteiger partial charge in [0.15, 0.2) is 6.29 Å². The van der Waals surface area contributed by atoms with Crippen LogP contribution in [0.25, 0.3) is 0 Å². The van der Waals surface area contributed by atoms with Crippen LogP contribution in [0.4, 0.5) is 4.39 Å². The average Bonchev–Trinajstić information content (AvgIpc) is 2.34. The molecule has 0 spiro atoms. The van der Waals surface area contributed by atoms with Gasteiger partial charge in [-0.25, -0.2) is 4.39 Å². The summed E-state index contributed by atoms with van der Waals surface area (Å²) in [4.78, 5) is 10.9. The Kier molecular flexibility index (Phi) is 3.84. The van der Waals surface area contributed by atoms with E-state index in [1.165, 1.54) is 18.2 Å². The molecule has 0 amide bonds. The number of benzene rings is 2. The molecule has 18 heavy (non-hydrogen) atoms. The molecule has 2 nitrogen and oxygen atoms in total. The number of carbonyl (C=O) groups is 1. The molecule has 92 valence electrons. The van der Waals surface area contributed by atoms with Crippen LogP contribution in [0.2, 0.25) is 10.0 Å². The SMILES string of the molecule is O=Cc1c(Cl)cccc1Oc1ccc(F)c(Cl)c1. The summed E-state index contributed by atoms with van der Waals surface area (Å²) in [6, 6.07) is 8.74. The minimum atomic E-state index is -0.536. The van der Waals surface area contributed by atoms with Crippen molar-refractivity contribution in [1.29, 1.82) is 0 Å². The van der Waals surface area contributed by atoms with Crippen LogP contribution in [-0.4, -0.2) is 6.29 Å². The van der Waals surface area contributed by atoms with Gasteiger partial charge in [0, 0.05) is 6.07 Å². The second kappa shape index (κ2) is 5.38. The largest absolute Gasteiger partial charge is 0.457 e. The first-order valence-corrected chi connectivity index (χ1v) is 5.74. The minimum absolute atomic E-state index is 0.0535. The summed E-state index contributed by atoms with van der Waals surface area (Å²) in [5.41, 5.74) is 0.236. The molecule has 0 aromatic heterocycles. The van der Waals surface area contributed by atoms with Gasteiger partial charge in [-0.15, -0.1) is 0 Å². The van der Waals surface area contributed by atoms with Gasteiger partial charge in [0.2, 0.25) is 0 Å². The van der Waals surface area contributed by atoms with Crippen LogP contribution in [-0.2, 0) is 0 Å². The molecule has 0 unspecified atom stereocenters. The van der Waals surface area contributed by atoms with Crippen molar-refractivity contribution in [2.75, 3.05) is 0 Å². The number of halogens is 3. The lowest BCUT2D eigenvalue weighted by atomic mass is 10.2. The molecule has 0 saturated heterocycles. The Hall–Kier alpha value is -1.58. The molecule has 0 aliphatic heterocycles. The Bertz CT molecular complexity index is 600. The van der Waals surface area contributed by atoms with Crippen molar-refractivity contribution in [3.05, 3.63) is 57.8 Å². The van der Waals surface area contributed by atoms with Crippen molar-refractivity contribution in [2.24, 2.45) is 0 Å². The van der Waals surface area contributed by atoms with Crippen LogP contribution in [0, 0.1) is 5.82 Å². The first-order valence-electron chi connectivity index (χ1n) is 4.98. The molecular weight excluding hydrogens is 278 g/mol. The van der Waals surface area contributed by atoms with Gasteiger partial charge >= 0.3 is 0 Å². The molecule has 5 heteroatoms. The Morgan fingerprint density at radius 3 is 2.56 bits per heavy atom. The number of rotatable bonds is 3. The summed E-state index contributed by atoms with van der Waals surface area (Å²) >= 11 is 11.5. The van der Waals surface area contributed by atoms with Crippen LogP contribution >= 0.6 is 23.2 Å². The fourth-order valence-corrected chi connectivity index (χ4v) is 1.77. The third-order valence-electron chi connectivity index (χ3n) is 2.25. The lowest BCUT2D eigenvalue weighted by Gasteiger charge is -2.09. The van der Waals surface area contributed by atoms with Crippen LogP contribution in [0.1, 0.15) is 10.4 Å². The van der Waals surface area contributed by atoms with Gasteiger partial charge in [0.1, 0.15) is 17.3 Å². The third-order valence-corrected chi connectivity index (χ3v) is 2.87. The van der Waals surface area contributed by atoms with Crippen LogP contribution in [0.5, 0.6) is 11.5 Å². The van der Waals surface area contributed by atoms with E-state index in [1.54, 1.807) is 18.2 Å². The van der Waals surface area contributed by atoms with Gasteiger partial charge in [0.05, 0.1) is 15.6 Å². The van der Waals surface area contributed by atoms with E-state index in [4.69, 9.17) is 27.9 Å². The van der Waals surface area contributed by atoms with Crippen molar-refractivity contribution in [3.63, 3.8) is 0 Å². The van der Waals surface area contributed by atoms with E-state index in [0.29, 0.717) is 17.8 Å². The highest BCUT2D eigenvalue weighted by molar-refractivity contribution is 6.33. The summed E-state index contributed by atoms with van der Waals surface area (Å²) in [5, 5.41) is 0.234. The Balaban J connectivity index is 2.36. The summed E-state index contributed by atoms with van der Waals surface area (Å²) in [6.45, 7) is 0. The van der Waals surface area contributed by atoms with E-state index >= 15 is 0 Å². The monoisotopic (exact) mass is 284 g/mol. The zero-order valence-corrected chi connectivity index (χ0v) is 10.5. The lowest BCUT2D eigenvalue weighted by molar-refractivity contribution is 0.112. The molecule has 0 radical (unpaired) electrons. The molecule has 2 rings (SSSR count).